The third kappa shape index (κ3) is 5.10. The van der Waals surface area contributed by atoms with Crippen LogP contribution in [0, 0.1) is 23.7 Å². The van der Waals surface area contributed by atoms with Gasteiger partial charge in [0.2, 0.25) is 0 Å². The number of hydrogen-bond donors (Lipinski definition) is 2. The highest BCUT2D eigenvalue weighted by atomic mass is 16.5. The fraction of sp³-hybridized carbons (Fsp3) is 0.950. The lowest BCUT2D eigenvalue weighted by atomic mass is 9.98. The Balaban J connectivity index is 1.16. The quantitative estimate of drug-likeness (QED) is 0.546. The molecule has 0 bridgehead atoms. The van der Waals surface area contributed by atoms with E-state index in [0.29, 0.717) is 6.04 Å². The number of likely N-dealkylation sites (tertiary alicyclic amines) is 1. The summed E-state index contributed by atoms with van der Waals surface area (Å²) in [6.45, 7) is 6.70. The number of piperidine rings is 1. The van der Waals surface area contributed by atoms with Gasteiger partial charge in [-0.1, -0.05) is 0 Å². The molecule has 2 aliphatic heterocycles. The molecule has 2 saturated heterocycles. The number of aliphatic imine (C=N–C) groups is 1. The van der Waals surface area contributed by atoms with Crippen molar-refractivity contribution in [3.63, 3.8) is 0 Å². The molecule has 4 aliphatic rings. The van der Waals surface area contributed by atoms with E-state index in [1.807, 2.05) is 7.05 Å². The minimum atomic E-state index is 0.572. The van der Waals surface area contributed by atoms with Gasteiger partial charge in [-0.3, -0.25) is 4.99 Å². The Morgan fingerprint density at radius 2 is 1.80 bits per heavy atom. The molecule has 1 atom stereocenters. The SMILES string of the molecule is CN=C(NCC(C1CC1)C1CC1)NC1CCN(CC2CCOC2)CC1. The van der Waals surface area contributed by atoms with Crippen LogP contribution in [0.25, 0.3) is 0 Å². The molecule has 25 heavy (non-hydrogen) atoms. The van der Waals surface area contributed by atoms with Gasteiger partial charge in [-0.25, -0.2) is 0 Å². The smallest absolute Gasteiger partial charge is 0.191 e. The van der Waals surface area contributed by atoms with Crippen molar-refractivity contribution in [1.29, 1.82) is 0 Å². The highest BCUT2D eigenvalue weighted by Gasteiger charge is 2.41. The van der Waals surface area contributed by atoms with Crippen molar-refractivity contribution in [2.45, 2.75) is 51.0 Å². The maximum atomic E-state index is 5.51. The number of nitrogens with zero attached hydrogens (tertiary/aromatic N) is 2. The fourth-order valence-electron chi connectivity index (χ4n) is 4.72. The summed E-state index contributed by atoms with van der Waals surface area (Å²) < 4.78 is 5.51. The molecular weight excluding hydrogens is 312 g/mol. The van der Waals surface area contributed by atoms with Gasteiger partial charge in [-0.15, -0.1) is 0 Å². The summed E-state index contributed by atoms with van der Waals surface area (Å²) in [4.78, 5) is 7.11. The van der Waals surface area contributed by atoms with E-state index in [9.17, 15) is 0 Å². The van der Waals surface area contributed by atoms with Gasteiger partial charge in [-0.05, 0) is 68.6 Å². The van der Waals surface area contributed by atoms with Gasteiger partial charge < -0.3 is 20.3 Å². The first-order chi connectivity index (χ1) is 12.3. The van der Waals surface area contributed by atoms with Gasteiger partial charge in [-0.2, -0.15) is 0 Å². The zero-order valence-electron chi connectivity index (χ0n) is 15.9. The molecule has 1 unspecified atom stereocenters. The van der Waals surface area contributed by atoms with Gasteiger partial charge in [0.05, 0.1) is 6.61 Å². The van der Waals surface area contributed by atoms with Crippen LogP contribution in [0.4, 0.5) is 0 Å². The third-order valence-electron chi connectivity index (χ3n) is 6.65. The molecule has 0 spiro atoms. The van der Waals surface area contributed by atoms with E-state index in [0.717, 1.165) is 49.4 Å². The van der Waals surface area contributed by atoms with E-state index in [4.69, 9.17) is 4.74 Å². The molecule has 2 N–H and O–H groups in total. The number of rotatable bonds is 7. The Bertz CT molecular complexity index is 435. The Morgan fingerprint density at radius 1 is 1.08 bits per heavy atom. The summed E-state index contributed by atoms with van der Waals surface area (Å²) in [5.74, 6) is 4.69. The monoisotopic (exact) mass is 348 g/mol. The molecule has 142 valence electrons. The zero-order chi connectivity index (χ0) is 17.1. The average molecular weight is 349 g/mol. The minimum Gasteiger partial charge on any atom is -0.381 e. The molecule has 4 rings (SSSR count). The normalized spacial score (nSPS) is 29.4. The lowest BCUT2D eigenvalue weighted by molar-refractivity contribution is 0.150. The van der Waals surface area contributed by atoms with Crippen LogP contribution in [0.15, 0.2) is 4.99 Å². The van der Waals surface area contributed by atoms with Gasteiger partial charge in [0.25, 0.3) is 0 Å². The van der Waals surface area contributed by atoms with Crippen LogP contribution >= 0.6 is 0 Å². The zero-order valence-corrected chi connectivity index (χ0v) is 15.9. The minimum absolute atomic E-state index is 0.572. The van der Waals surface area contributed by atoms with Crippen molar-refractivity contribution in [2.24, 2.45) is 28.7 Å². The highest BCUT2D eigenvalue weighted by molar-refractivity contribution is 5.80. The molecule has 5 heteroatoms. The summed E-state index contributed by atoms with van der Waals surface area (Å²) in [7, 11) is 1.91. The maximum absolute atomic E-state index is 5.51. The average Bonchev–Trinajstić information content (AvgIpc) is 3.57. The van der Waals surface area contributed by atoms with E-state index in [1.54, 1.807) is 0 Å². The molecule has 2 aliphatic carbocycles. The Kier molecular flexibility index (Phi) is 5.81. The van der Waals surface area contributed by atoms with Crippen molar-refractivity contribution >= 4 is 5.96 Å². The molecule has 2 saturated carbocycles. The predicted octanol–water partition coefficient (Wildman–Crippen LogP) is 2.09. The second kappa shape index (κ2) is 8.26. The van der Waals surface area contributed by atoms with Crippen LogP contribution in [-0.2, 0) is 4.74 Å². The lowest BCUT2D eigenvalue weighted by Gasteiger charge is -2.34. The fourth-order valence-corrected chi connectivity index (χ4v) is 4.72. The molecule has 0 aromatic heterocycles. The van der Waals surface area contributed by atoms with Crippen LogP contribution < -0.4 is 10.6 Å². The van der Waals surface area contributed by atoms with E-state index < -0.39 is 0 Å². The Hall–Kier alpha value is -0.810. The standard InChI is InChI=1S/C20H36N4O/c1-21-20(22-12-19(16-2-3-16)17-4-5-17)23-18-6-9-24(10-7-18)13-15-8-11-25-14-15/h15-19H,2-14H2,1H3,(H2,21,22,23). The molecule has 0 radical (unpaired) electrons. The summed E-state index contributed by atoms with van der Waals surface area (Å²) in [5, 5.41) is 7.32. The van der Waals surface area contributed by atoms with E-state index in [-0.39, 0.29) is 0 Å². The highest BCUT2D eigenvalue weighted by Crippen LogP contribution is 2.48. The first-order valence-electron chi connectivity index (χ1n) is 10.6. The molecule has 2 heterocycles. The topological polar surface area (TPSA) is 48.9 Å². The molecule has 4 fully saturated rings. The molecule has 0 amide bonds. The van der Waals surface area contributed by atoms with E-state index in [1.165, 1.54) is 64.6 Å². The molecule has 5 nitrogen and oxygen atoms in total. The number of ether oxygens (including phenoxy) is 1. The summed E-state index contributed by atoms with van der Waals surface area (Å²) in [6.07, 6.45) is 9.53. The van der Waals surface area contributed by atoms with E-state index in [2.05, 4.69) is 20.5 Å². The maximum Gasteiger partial charge on any atom is 0.191 e. The molecule has 0 aromatic carbocycles. The van der Waals surface area contributed by atoms with Crippen LogP contribution in [0.1, 0.15) is 44.9 Å². The largest absolute Gasteiger partial charge is 0.381 e. The van der Waals surface area contributed by atoms with Crippen molar-refractivity contribution < 1.29 is 4.74 Å². The van der Waals surface area contributed by atoms with Crippen molar-refractivity contribution in [3.8, 4) is 0 Å². The number of hydrogen-bond acceptors (Lipinski definition) is 3. The second-order valence-corrected chi connectivity index (χ2v) is 8.74. The van der Waals surface area contributed by atoms with Gasteiger partial charge in [0, 0.05) is 45.9 Å². The first-order valence-corrected chi connectivity index (χ1v) is 10.6. The van der Waals surface area contributed by atoms with E-state index >= 15 is 0 Å². The number of guanidine groups is 1. The molecule has 0 aromatic rings. The summed E-state index contributed by atoms with van der Waals surface area (Å²) in [6, 6.07) is 0.572. The first kappa shape index (κ1) is 17.6. The van der Waals surface area contributed by atoms with Gasteiger partial charge in [0.1, 0.15) is 0 Å². The van der Waals surface area contributed by atoms with Crippen LogP contribution in [-0.4, -0.2) is 63.3 Å². The lowest BCUT2D eigenvalue weighted by Crippen LogP contribution is -2.50. The predicted molar refractivity (Wildman–Crippen MR) is 102 cm³/mol. The second-order valence-electron chi connectivity index (χ2n) is 8.74. The van der Waals surface area contributed by atoms with Crippen LogP contribution in [0.2, 0.25) is 0 Å². The van der Waals surface area contributed by atoms with Gasteiger partial charge >= 0.3 is 0 Å². The van der Waals surface area contributed by atoms with Gasteiger partial charge in [0.15, 0.2) is 5.96 Å². The van der Waals surface area contributed by atoms with Crippen molar-refractivity contribution in [1.82, 2.24) is 15.5 Å². The summed E-state index contributed by atoms with van der Waals surface area (Å²) >= 11 is 0. The third-order valence-corrected chi connectivity index (χ3v) is 6.65. The Morgan fingerprint density at radius 3 is 2.36 bits per heavy atom. The van der Waals surface area contributed by atoms with Crippen molar-refractivity contribution in [2.75, 3.05) is 46.4 Å². The molecular formula is C20H36N4O. The number of nitrogens with one attached hydrogen (secondary N) is 2. The Labute approximate surface area is 153 Å². The van der Waals surface area contributed by atoms with Crippen LogP contribution in [0.5, 0.6) is 0 Å². The van der Waals surface area contributed by atoms with Crippen molar-refractivity contribution in [3.05, 3.63) is 0 Å². The van der Waals surface area contributed by atoms with Crippen LogP contribution in [0.3, 0.4) is 0 Å². The summed E-state index contributed by atoms with van der Waals surface area (Å²) in [5.41, 5.74) is 0.